The Morgan fingerprint density at radius 1 is 0.391 bits per heavy atom. The summed E-state index contributed by atoms with van der Waals surface area (Å²) in [5, 5.41) is 9.72. The number of nitrogens with zero attached hydrogens (tertiary/aromatic N) is 4. The van der Waals surface area contributed by atoms with Crippen molar-refractivity contribution in [2.24, 2.45) is 0 Å². The van der Waals surface area contributed by atoms with Crippen molar-refractivity contribution < 1.29 is 0 Å². The van der Waals surface area contributed by atoms with Crippen LogP contribution >= 0.6 is 0 Å². The summed E-state index contributed by atoms with van der Waals surface area (Å²) < 4.78 is 0. The Labute approximate surface area is 266 Å². The molecule has 4 heteroatoms. The van der Waals surface area contributed by atoms with Crippen LogP contribution < -0.4 is 0 Å². The highest BCUT2D eigenvalue weighted by Crippen LogP contribution is 2.45. The standard InChI is InChI=1S/C42H28N4/c1-25-26(2)45-42-41(44-25)43-24-38(46-42)31-19-20-36-37(23-31)40(33-18-16-28-10-4-6-12-30(28)22-33)35-14-8-7-13-34(35)39(36)32-17-15-27-9-3-5-11-29(27)21-32/h3-24H,1-2H3. The van der Waals surface area contributed by atoms with Crippen molar-refractivity contribution in [1.82, 2.24) is 19.9 Å². The average Bonchev–Trinajstić information content (AvgIpc) is 3.10. The molecular formula is C42H28N4. The van der Waals surface area contributed by atoms with Crippen LogP contribution in [0.4, 0.5) is 0 Å². The van der Waals surface area contributed by atoms with Gasteiger partial charge in [-0.15, -0.1) is 0 Å². The van der Waals surface area contributed by atoms with Crippen LogP contribution in [0.3, 0.4) is 0 Å². The number of aromatic nitrogens is 4. The SMILES string of the molecule is Cc1nc2ncc(-c3ccc4c(-c5ccc6ccccc6c5)c5ccccc5c(-c5ccc6ccccc6c5)c4c3)nc2nc1C. The van der Waals surface area contributed by atoms with E-state index in [4.69, 9.17) is 9.97 Å². The molecule has 9 rings (SSSR count). The van der Waals surface area contributed by atoms with Gasteiger partial charge in [0.1, 0.15) is 0 Å². The summed E-state index contributed by atoms with van der Waals surface area (Å²) in [7, 11) is 0. The molecule has 0 aliphatic heterocycles. The third kappa shape index (κ3) is 4.22. The van der Waals surface area contributed by atoms with Crippen LogP contribution in [0.25, 0.3) is 87.9 Å². The second-order valence-electron chi connectivity index (χ2n) is 12.0. The fourth-order valence-corrected chi connectivity index (χ4v) is 6.79. The predicted octanol–water partition coefficient (Wildman–Crippen LogP) is 10.7. The van der Waals surface area contributed by atoms with Gasteiger partial charge in [0.05, 0.1) is 23.3 Å². The lowest BCUT2D eigenvalue weighted by Gasteiger charge is -2.19. The maximum atomic E-state index is 4.94. The first-order valence-electron chi connectivity index (χ1n) is 15.6. The first-order valence-corrected chi connectivity index (χ1v) is 15.6. The summed E-state index contributed by atoms with van der Waals surface area (Å²) in [6, 6.07) is 46.2. The molecule has 0 N–H and O–H groups in total. The molecule has 0 saturated heterocycles. The van der Waals surface area contributed by atoms with E-state index >= 15 is 0 Å². The molecule has 0 fully saturated rings. The molecule has 0 radical (unpaired) electrons. The zero-order valence-electron chi connectivity index (χ0n) is 25.5. The second kappa shape index (κ2) is 10.3. The molecule has 216 valence electrons. The molecule has 0 amide bonds. The Bertz CT molecular complexity index is 2670. The summed E-state index contributed by atoms with van der Waals surface area (Å²) >= 11 is 0. The zero-order chi connectivity index (χ0) is 30.8. The van der Waals surface area contributed by atoms with Crippen LogP contribution in [0.15, 0.2) is 134 Å². The van der Waals surface area contributed by atoms with Gasteiger partial charge in [-0.1, -0.05) is 109 Å². The minimum absolute atomic E-state index is 0.561. The van der Waals surface area contributed by atoms with Gasteiger partial charge in [0, 0.05) is 5.56 Å². The lowest BCUT2D eigenvalue weighted by Crippen LogP contribution is -1.99. The van der Waals surface area contributed by atoms with Crippen molar-refractivity contribution in [3.63, 3.8) is 0 Å². The number of fused-ring (bicyclic) bond motifs is 5. The monoisotopic (exact) mass is 588 g/mol. The number of hydrogen-bond acceptors (Lipinski definition) is 4. The van der Waals surface area contributed by atoms with Gasteiger partial charge in [0.15, 0.2) is 11.3 Å². The summed E-state index contributed by atoms with van der Waals surface area (Å²) in [4.78, 5) is 18.9. The van der Waals surface area contributed by atoms with E-state index in [1.54, 1.807) is 0 Å². The van der Waals surface area contributed by atoms with E-state index in [9.17, 15) is 0 Å². The second-order valence-corrected chi connectivity index (χ2v) is 12.0. The largest absolute Gasteiger partial charge is 0.232 e. The Balaban J connectivity index is 1.38. The van der Waals surface area contributed by atoms with E-state index < -0.39 is 0 Å². The van der Waals surface area contributed by atoms with Crippen molar-refractivity contribution in [2.45, 2.75) is 13.8 Å². The number of benzene rings is 7. The molecule has 7 aromatic carbocycles. The average molecular weight is 589 g/mol. The predicted molar refractivity (Wildman–Crippen MR) is 191 cm³/mol. The van der Waals surface area contributed by atoms with Crippen LogP contribution in [-0.4, -0.2) is 19.9 Å². The Morgan fingerprint density at radius 3 is 1.52 bits per heavy atom. The van der Waals surface area contributed by atoms with E-state index in [0.29, 0.717) is 11.3 Å². The van der Waals surface area contributed by atoms with E-state index in [0.717, 1.165) is 22.6 Å². The Morgan fingerprint density at radius 2 is 0.891 bits per heavy atom. The van der Waals surface area contributed by atoms with E-state index in [1.807, 2.05) is 20.0 Å². The van der Waals surface area contributed by atoms with Crippen LogP contribution in [0.1, 0.15) is 11.4 Å². The number of rotatable bonds is 3. The maximum absolute atomic E-state index is 4.94. The van der Waals surface area contributed by atoms with Crippen LogP contribution in [-0.2, 0) is 0 Å². The van der Waals surface area contributed by atoms with Crippen LogP contribution in [0.2, 0.25) is 0 Å². The molecule has 0 spiro atoms. The van der Waals surface area contributed by atoms with Gasteiger partial charge in [-0.25, -0.2) is 19.9 Å². The van der Waals surface area contributed by atoms with Crippen molar-refractivity contribution in [3.05, 3.63) is 145 Å². The quantitative estimate of drug-likeness (QED) is 0.193. The lowest BCUT2D eigenvalue weighted by atomic mass is 9.84. The molecule has 46 heavy (non-hydrogen) atoms. The maximum Gasteiger partial charge on any atom is 0.198 e. The van der Waals surface area contributed by atoms with Gasteiger partial charge in [-0.05, 0) is 97.4 Å². The van der Waals surface area contributed by atoms with Crippen molar-refractivity contribution in [1.29, 1.82) is 0 Å². The van der Waals surface area contributed by atoms with Gasteiger partial charge >= 0.3 is 0 Å². The molecule has 0 saturated carbocycles. The molecule has 4 nitrogen and oxygen atoms in total. The third-order valence-electron chi connectivity index (χ3n) is 9.20. The fraction of sp³-hybridized carbons (Fsp3) is 0.0476. The highest BCUT2D eigenvalue weighted by atomic mass is 15.0. The number of aryl methyl sites for hydroxylation is 2. The Hall–Kier alpha value is -6.00. The molecule has 0 bridgehead atoms. The van der Waals surface area contributed by atoms with Crippen LogP contribution in [0, 0.1) is 13.8 Å². The molecule has 0 aliphatic rings. The molecule has 2 heterocycles. The summed E-state index contributed by atoms with van der Waals surface area (Å²) in [5.74, 6) is 0. The van der Waals surface area contributed by atoms with Crippen molar-refractivity contribution in [2.75, 3.05) is 0 Å². The Kier molecular flexibility index (Phi) is 5.90. The number of hydrogen-bond donors (Lipinski definition) is 0. The summed E-state index contributed by atoms with van der Waals surface area (Å²) in [6.07, 6.45) is 1.81. The molecule has 0 atom stereocenters. The highest BCUT2D eigenvalue weighted by molar-refractivity contribution is 6.22. The first kappa shape index (κ1) is 26.4. The molecule has 2 aromatic heterocycles. The molecule has 0 aliphatic carbocycles. The molecular weight excluding hydrogens is 560 g/mol. The van der Waals surface area contributed by atoms with E-state index in [-0.39, 0.29) is 0 Å². The third-order valence-corrected chi connectivity index (χ3v) is 9.20. The smallest absolute Gasteiger partial charge is 0.198 e. The normalized spacial score (nSPS) is 11.7. The molecule has 0 unspecified atom stereocenters. The van der Waals surface area contributed by atoms with Gasteiger partial charge < -0.3 is 0 Å². The van der Waals surface area contributed by atoms with E-state index in [2.05, 4.69) is 137 Å². The summed E-state index contributed by atoms with van der Waals surface area (Å²) in [6.45, 7) is 3.91. The fourth-order valence-electron chi connectivity index (χ4n) is 6.79. The van der Waals surface area contributed by atoms with Gasteiger partial charge in [0.2, 0.25) is 0 Å². The highest BCUT2D eigenvalue weighted by Gasteiger charge is 2.19. The topological polar surface area (TPSA) is 51.6 Å². The van der Waals surface area contributed by atoms with Gasteiger partial charge in [-0.3, -0.25) is 0 Å². The lowest BCUT2D eigenvalue weighted by molar-refractivity contribution is 1.05. The first-order chi connectivity index (χ1) is 22.6. The van der Waals surface area contributed by atoms with Crippen molar-refractivity contribution >= 4 is 54.4 Å². The van der Waals surface area contributed by atoms with Crippen molar-refractivity contribution in [3.8, 4) is 33.5 Å². The summed E-state index contributed by atoms with van der Waals surface area (Å²) in [5.41, 5.74) is 9.45. The van der Waals surface area contributed by atoms with Gasteiger partial charge in [-0.2, -0.15) is 0 Å². The zero-order valence-corrected chi connectivity index (χ0v) is 25.5. The minimum atomic E-state index is 0.561. The minimum Gasteiger partial charge on any atom is -0.232 e. The van der Waals surface area contributed by atoms with Gasteiger partial charge in [0.25, 0.3) is 0 Å². The van der Waals surface area contributed by atoms with Crippen LogP contribution in [0.5, 0.6) is 0 Å². The molecule has 9 aromatic rings. The van der Waals surface area contributed by atoms with E-state index in [1.165, 1.54) is 65.3 Å².